The SMILES string of the molecule is C[C@H](CO)N1C[C@H](C)[C@@H](CN(C)Cc2ccc(F)cc2)Oc2ncc(C3=CCCC3)cc2C1=O. The molecule has 1 aromatic carbocycles. The number of likely N-dealkylation sites (N-methyl/N-ethyl adjacent to an activating group) is 1. The van der Waals surface area contributed by atoms with Crippen LogP contribution >= 0.6 is 0 Å². The van der Waals surface area contributed by atoms with Gasteiger partial charge in [-0.1, -0.05) is 25.1 Å². The molecule has 0 saturated carbocycles. The van der Waals surface area contributed by atoms with Gasteiger partial charge in [0.2, 0.25) is 5.88 Å². The molecule has 0 unspecified atom stereocenters. The zero-order valence-corrected chi connectivity index (χ0v) is 20.2. The number of nitrogens with zero attached hydrogens (tertiary/aromatic N) is 3. The van der Waals surface area contributed by atoms with Gasteiger partial charge in [-0.2, -0.15) is 0 Å². The van der Waals surface area contributed by atoms with E-state index in [2.05, 4.69) is 22.9 Å². The smallest absolute Gasteiger partial charge is 0.259 e. The number of hydrogen-bond donors (Lipinski definition) is 1. The number of halogens is 1. The first kappa shape index (κ1) is 24.4. The Bertz CT molecular complexity index is 1040. The lowest BCUT2D eigenvalue weighted by atomic mass is 9.99. The number of amides is 1. The highest BCUT2D eigenvalue weighted by atomic mass is 19.1. The average Bonchev–Trinajstić information content (AvgIpc) is 3.37. The maximum atomic E-state index is 13.5. The normalized spacial score (nSPS) is 21.5. The summed E-state index contributed by atoms with van der Waals surface area (Å²) in [5.41, 5.74) is 3.64. The van der Waals surface area contributed by atoms with Crippen LogP contribution in [0.1, 0.15) is 54.6 Å². The van der Waals surface area contributed by atoms with Crippen molar-refractivity contribution in [3.63, 3.8) is 0 Å². The molecule has 1 aromatic heterocycles. The van der Waals surface area contributed by atoms with Crippen LogP contribution in [0, 0.1) is 11.7 Å². The van der Waals surface area contributed by atoms with Crippen LogP contribution in [0.15, 0.2) is 42.6 Å². The maximum Gasteiger partial charge on any atom is 0.259 e. The molecule has 0 saturated heterocycles. The Morgan fingerprint density at radius 2 is 2.09 bits per heavy atom. The lowest BCUT2D eigenvalue weighted by molar-refractivity contribution is 0.0325. The quantitative estimate of drug-likeness (QED) is 0.663. The summed E-state index contributed by atoms with van der Waals surface area (Å²) >= 11 is 0. The molecule has 4 rings (SSSR count). The van der Waals surface area contributed by atoms with Crippen LogP contribution in [0.25, 0.3) is 5.57 Å². The van der Waals surface area contributed by atoms with Gasteiger partial charge in [0.25, 0.3) is 5.91 Å². The Labute approximate surface area is 201 Å². The van der Waals surface area contributed by atoms with Crippen LogP contribution < -0.4 is 4.74 Å². The number of hydrogen-bond acceptors (Lipinski definition) is 5. The van der Waals surface area contributed by atoms with Crippen molar-refractivity contribution in [1.29, 1.82) is 0 Å². The Balaban J connectivity index is 1.61. The molecule has 0 fully saturated rings. The molecule has 7 heteroatoms. The molecule has 0 spiro atoms. The molecule has 3 atom stereocenters. The standard InChI is InChI=1S/C27H34FN3O3/c1-18-14-31(19(2)17-32)27(33)24-12-22(21-6-4-5-7-21)13-29-26(24)34-25(18)16-30(3)15-20-8-10-23(28)11-9-20/h6,8-13,18-19,25,32H,4-5,7,14-17H2,1-3H3/t18-,19+,25+/m0/s1. The van der Waals surface area contributed by atoms with E-state index in [-0.39, 0.29) is 36.4 Å². The molecule has 0 radical (unpaired) electrons. The molecule has 2 heterocycles. The predicted molar refractivity (Wildman–Crippen MR) is 130 cm³/mol. The first-order valence-corrected chi connectivity index (χ1v) is 12.1. The molecule has 0 bridgehead atoms. The maximum absolute atomic E-state index is 13.5. The van der Waals surface area contributed by atoms with Gasteiger partial charge in [0, 0.05) is 31.7 Å². The zero-order chi connectivity index (χ0) is 24.2. The number of fused-ring (bicyclic) bond motifs is 1. The molecule has 2 aromatic rings. The Kier molecular flexibility index (Phi) is 7.63. The molecule has 1 N–H and O–H groups in total. The third-order valence-corrected chi connectivity index (χ3v) is 6.79. The molecule has 1 aliphatic heterocycles. The van der Waals surface area contributed by atoms with Crippen molar-refractivity contribution in [2.24, 2.45) is 5.92 Å². The number of aliphatic hydroxyl groups is 1. The number of rotatable bonds is 7. The average molecular weight is 468 g/mol. The Morgan fingerprint density at radius 3 is 2.76 bits per heavy atom. The number of benzene rings is 1. The van der Waals surface area contributed by atoms with Gasteiger partial charge >= 0.3 is 0 Å². The summed E-state index contributed by atoms with van der Waals surface area (Å²) in [7, 11) is 2.00. The van der Waals surface area contributed by atoms with E-state index in [0.717, 1.165) is 30.4 Å². The highest BCUT2D eigenvalue weighted by molar-refractivity contribution is 5.97. The first-order chi connectivity index (χ1) is 16.4. The van der Waals surface area contributed by atoms with Crippen LogP contribution in [0.2, 0.25) is 0 Å². The van der Waals surface area contributed by atoms with Crippen molar-refractivity contribution < 1.29 is 19.0 Å². The van der Waals surface area contributed by atoms with Crippen LogP contribution in [0.3, 0.4) is 0 Å². The number of carbonyl (C=O) groups excluding carboxylic acids is 1. The molecule has 1 amide bonds. The summed E-state index contributed by atoms with van der Waals surface area (Å²) in [5.74, 6) is -0.0500. The van der Waals surface area contributed by atoms with Crippen molar-refractivity contribution in [3.05, 3.63) is 65.1 Å². The fourth-order valence-electron chi connectivity index (χ4n) is 4.70. The summed E-state index contributed by atoms with van der Waals surface area (Å²) in [6.45, 7) is 5.55. The van der Waals surface area contributed by atoms with Crippen molar-refractivity contribution >= 4 is 11.5 Å². The molecular weight excluding hydrogens is 433 g/mol. The molecule has 6 nitrogen and oxygen atoms in total. The fraction of sp³-hybridized carbons (Fsp3) is 0.481. The van der Waals surface area contributed by atoms with Crippen molar-refractivity contribution in [3.8, 4) is 5.88 Å². The van der Waals surface area contributed by atoms with E-state index in [1.807, 2.05) is 20.0 Å². The number of pyridine rings is 1. The molecular formula is C27H34FN3O3. The largest absolute Gasteiger partial charge is 0.472 e. The molecule has 1 aliphatic carbocycles. The fourth-order valence-corrected chi connectivity index (χ4v) is 4.70. The van der Waals surface area contributed by atoms with Gasteiger partial charge in [-0.05, 0) is 68.1 Å². The third-order valence-electron chi connectivity index (χ3n) is 6.79. The van der Waals surface area contributed by atoms with E-state index >= 15 is 0 Å². The number of aliphatic hydroxyl groups excluding tert-OH is 1. The van der Waals surface area contributed by atoms with E-state index in [9.17, 15) is 14.3 Å². The van der Waals surface area contributed by atoms with Crippen LogP contribution in [-0.2, 0) is 6.54 Å². The van der Waals surface area contributed by atoms with E-state index in [1.54, 1.807) is 23.2 Å². The van der Waals surface area contributed by atoms with E-state index in [4.69, 9.17) is 4.74 Å². The Hall–Kier alpha value is -2.77. The lowest BCUT2D eigenvalue weighted by Gasteiger charge is -2.37. The topological polar surface area (TPSA) is 65.9 Å². The van der Waals surface area contributed by atoms with E-state index < -0.39 is 0 Å². The summed E-state index contributed by atoms with van der Waals surface area (Å²) in [5, 5.41) is 9.84. The lowest BCUT2D eigenvalue weighted by Crippen LogP contribution is -2.49. The van der Waals surface area contributed by atoms with Crippen LogP contribution in [0.5, 0.6) is 5.88 Å². The molecule has 182 valence electrons. The monoisotopic (exact) mass is 467 g/mol. The first-order valence-electron chi connectivity index (χ1n) is 12.1. The summed E-state index contributed by atoms with van der Waals surface area (Å²) in [4.78, 5) is 22.0. The van der Waals surface area contributed by atoms with Gasteiger partial charge in [0.1, 0.15) is 17.5 Å². The van der Waals surface area contributed by atoms with Gasteiger partial charge in [-0.25, -0.2) is 9.37 Å². The van der Waals surface area contributed by atoms with Crippen molar-refractivity contribution in [2.75, 3.05) is 26.7 Å². The second-order valence-corrected chi connectivity index (χ2v) is 9.64. The minimum absolute atomic E-state index is 0.0146. The van der Waals surface area contributed by atoms with Gasteiger partial charge in [0.05, 0.1) is 12.6 Å². The zero-order valence-electron chi connectivity index (χ0n) is 20.2. The minimum atomic E-state index is -0.312. The van der Waals surface area contributed by atoms with Gasteiger partial charge in [-0.15, -0.1) is 0 Å². The Morgan fingerprint density at radius 1 is 1.32 bits per heavy atom. The van der Waals surface area contributed by atoms with Gasteiger partial charge < -0.3 is 14.7 Å². The van der Waals surface area contributed by atoms with E-state index in [0.29, 0.717) is 31.1 Å². The number of aromatic nitrogens is 1. The van der Waals surface area contributed by atoms with Crippen LogP contribution in [0.4, 0.5) is 4.39 Å². The number of carbonyl (C=O) groups is 1. The second-order valence-electron chi connectivity index (χ2n) is 9.64. The number of allylic oxidation sites excluding steroid dienone is 2. The second kappa shape index (κ2) is 10.7. The van der Waals surface area contributed by atoms with Crippen LogP contribution in [-0.4, -0.2) is 64.7 Å². The van der Waals surface area contributed by atoms with Gasteiger partial charge in [-0.3, -0.25) is 9.69 Å². The summed E-state index contributed by atoms with van der Waals surface area (Å²) < 4.78 is 19.7. The summed E-state index contributed by atoms with van der Waals surface area (Å²) in [6, 6.07) is 8.09. The minimum Gasteiger partial charge on any atom is -0.472 e. The van der Waals surface area contributed by atoms with Crippen molar-refractivity contribution in [2.45, 2.75) is 51.8 Å². The number of ether oxygens (including phenoxy) is 1. The highest BCUT2D eigenvalue weighted by Gasteiger charge is 2.34. The summed E-state index contributed by atoms with van der Waals surface area (Å²) in [6.07, 6.45) is 6.94. The molecule has 34 heavy (non-hydrogen) atoms. The van der Waals surface area contributed by atoms with Crippen molar-refractivity contribution in [1.82, 2.24) is 14.8 Å². The third kappa shape index (κ3) is 5.47. The van der Waals surface area contributed by atoms with Gasteiger partial charge in [0.15, 0.2) is 0 Å². The van der Waals surface area contributed by atoms with E-state index in [1.165, 1.54) is 17.7 Å². The molecule has 2 aliphatic rings. The highest BCUT2D eigenvalue weighted by Crippen LogP contribution is 2.32. The predicted octanol–water partition coefficient (Wildman–Crippen LogP) is 4.14.